The maximum Gasteiger partial charge on any atom is 0.246 e. The molecule has 2 aromatic rings. The lowest BCUT2D eigenvalue weighted by atomic mass is 10.1. The number of rotatable bonds is 5. The summed E-state index contributed by atoms with van der Waals surface area (Å²) < 4.78 is 12.9. The summed E-state index contributed by atoms with van der Waals surface area (Å²) in [5.41, 5.74) is 0.233. The van der Waals surface area contributed by atoms with Gasteiger partial charge in [0.2, 0.25) is 17.6 Å². The molecular formula is C16H21FN6O2. The number of hydrogen-bond acceptors (Lipinski definition) is 5. The molecule has 1 aromatic heterocycles. The van der Waals surface area contributed by atoms with E-state index in [4.69, 9.17) is 0 Å². The number of carbonyl (C=O) groups is 2. The van der Waals surface area contributed by atoms with Crippen LogP contribution in [0.25, 0.3) is 11.4 Å². The summed E-state index contributed by atoms with van der Waals surface area (Å²) in [6.45, 7) is 5.39. The lowest BCUT2D eigenvalue weighted by Gasteiger charge is -2.23. The normalized spacial score (nSPS) is 11.2. The van der Waals surface area contributed by atoms with Crippen molar-refractivity contribution in [3.63, 3.8) is 0 Å². The van der Waals surface area contributed by atoms with E-state index in [1.54, 1.807) is 0 Å². The Bertz CT molecular complexity index is 751. The molecule has 0 unspecified atom stereocenters. The molecule has 0 saturated heterocycles. The average molecular weight is 348 g/mol. The van der Waals surface area contributed by atoms with Gasteiger partial charge in [0.05, 0.1) is 6.54 Å². The Morgan fingerprint density at radius 1 is 1.24 bits per heavy atom. The average Bonchev–Trinajstić information content (AvgIpc) is 2.94. The smallest absolute Gasteiger partial charge is 0.246 e. The van der Waals surface area contributed by atoms with Crippen molar-refractivity contribution in [2.75, 3.05) is 13.6 Å². The minimum absolute atomic E-state index is 0.0599. The first-order chi connectivity index (χ1) is 11.6. The van der Waals surface area contributed by atoms with Gasteiger partial charge in [-0.3, -0.25) is 9.59 Å². The molecule has 9 heteroatoms. The van der Waals surface area contributed by atoms with E-state index in [1.165, 1.54) is 36.2 Å². The van der Waals surface area contributed by atoms with Crippen LogP contribution in [0.3, 0.4) is 0 Å². The fourth-order valence-corrected chi connectivity index (χ4v) is 2.03. The first kappa shape index (κ1) is 18.5. The fraction of sp³-hybridized carbons (Fsp3) is 0.438. The molecule has 0 aliphatic rings. The summed E-state index contributed by atoms with van der Waals surface area (Å²) in [6, 6.07) is 5.65. The summed E-state index contributed by atoms with van der Waals surface area (Å²) in [6.07, 6.45) is 0. The van der Waals surface area contributed by atoms with Gasteiger partial charge in [-0.05, 0) is 50.3 Å². The zero-order valence-corrected chi connectivity index (χ0v) is 14.7. The van der Waals surface area contributed by atoms with Crippen LogP contribution in [0.5, 0.6) is 0 Å². The number of benzene rings is 1. The Kier molecular flexibility index (Phi) is 5.45. The minimum Gasteiger partial charge on any atom is -0.350 e. The Balaban J connectivity index is 1.94. The molecule has 0 saturated carbocycles. The van der Waals surface area contributed by atoms with E-state index < -0.39 is 0 Å². The molecule has 8 nitrogen and oxygen atoms in total. The molecule has 25 heavy (non-hydrogen) atoms. The second-order valence-corrected chi connectivity index (χ2v) is 6.70. The highest BCUT2D eigenvalue weighted by Crippen LogP contribution is 2.13. The Hall–Kier alpha value is -2.84. The summed E-state index contributed by atoms with van der Waals surface area (Å²) in [5.74, 6) is -0.642. The Morgan fingerprint density at radius 3 is 2.48 bits per heavy atom. The molecule has 0 radical (unpaired) electrons. The molecule has 0 bridgehead atoms. The quantitative estimate of drug-likeness (QED) is 0.865. The van der Waals surface area contributed by atoms with Crippen LogP contribution in [0.1, 0.15) is 20.8 Å². The van der Waals surface area contributed by atoms with Crippen molar-refractivity contribution in [1.82, 2.24) is 30.4 Å². The first-order valence-electron chi connectivity index (χ1n) is 7.73. The van der Waals surface area contributed by atoms with Gasteiger partial charge < -0.3 is 10.2 Å². The second-order valence-electron chi connectivity index (χ2n) is 6.70. The van der Waals surface area contributed by atoms with E-state index >= 15 is 0 Å². The fourth-order valence-electron chi connectivity index (χ4n) is 2.03. The molecule has 134 valence electrons. The monoisotopic (exact) mass is 348 g/mol. The molecule has 1 N–H and O–H groups in total. The zero-order valence-electron chi connectivity index (χ0n) is 14.7. The van der Waals surface area contributed by atoms with Crippen molar-refractivity contribution in [2.24, 2.45) is 0 Å². The summed E-state index contributed by atoms with van der Waals surface area (Å²) in [4.78, 5) is 26.5. The van der Waals surface area contributed by atoms with E-state index in [-0.39, 0.29) is 36.3 Å². The van der Waals surface area contributed by atoms with Gasteiger partial charge in [-0.25, -0.2) is 4.39 Å². The van der Waals surface area contributed by atoms with Crippen LogP contribution >= 0.6 is 0 Å². The predicted octanol–water partition coefficient (Wildman–Crippen LogP) is 0.852. The van der Waals surface area contributed by atoms with Crippen LogP contribution in [0, 0.1) is 5.82 Å². The van der Waals surface area contributed by atoms with E-state index in [0.717, 1.165) is 4.80 Å². The number of aromatic nitrogens is 4. The standard InChI is InChI=1S/C16H21FN6O2/c1-16(2,3)18-13(24)9-22(4)14(25)10-23-20-15(19-21-23)11-5-7-12(17)8-6-11/h5-8H,9-10H2,1-4H3,(H,18,24). The number of likely N-dealkylation sites (N-methyl/N-ethyl adjacent to an activating group) is 1. The molecule has 1 heterocycles. The van der Waals surface area contributed by atoms with Crippen LogP contribution in [0.4, 0.5) is 4.39 Å². The molecule has 0 atom stereocenters. The molecule has 1 aromatic carbocycles. The van der Waals surface area contributed by atoms with E-state index in [2.05, 4.69) is 20.7 Å². The van der Waals surface area contributed by atoms with Gasteiger partial charge in [-0.1, -0.05) is 0 Å². The van der Waals surface area contributed by atoms with Gasteiger partial charge in [0.15, 0.2) is 0 Å². The number of amides is 2. The number of tetrazole rings is 1. The van der Waals surface area contributed by atoms with E-state index in [9.17, 15) is 14.0 Å². The van der Waals surface area contributed by atoms with Gasteiger partial charge in [0.1, 0.15) is 12.4 Å². The van der Waals surface area contributed by atoms with Crippen molar-refractivity contribution >= 4 is 11.8 Å². The van der Waals surface area contributed by atoms with Gasteiger partial charge >= 0.3 is 0 Å². The largest absolute Gasteiger partial charge is 0.350 e. The molecule has 0 aliphatic heterocycles. The van der Waals surface area contributed by atoms with Crippen LogP contribution in [-0.2, 0) is 16.1 Å². The third-order valence-corrected chi connectivity index (χ3v) is 3.15. The van der Waals surface area contributed by atoms with Crippen molar-refractivity contribution < 1.29 is 14.0 Å². The van der Waals surface area contributed by atoms with Crippen LogP contribution in [0.2, 0.25) is 0 Å². The molecule has 0 aliphatic carbocycles. The van der Waals surface area contributed by atoms with Crippen molar-refractivity contribution in [1.29, 1.82) is 0 Å². The third kappa shape index (κ3) is 5.63. The molecular weight excluding hydrogens is 327 g/mol. The van der Waals surface area contributed by atoms with Gasteiger partial charge in [0, 0.05) is 18.2 Å². The molecule has 0 fully saturated rings. The Morgan fingerprint density at radius 2 is 1.88 bits per heavy atom. The van der Waals surface area contributed by atoms with Crippen LogP contribution < -0.4 is 5.32 Å². The maximum atomic E-state index is 12.9. The highest BCUT2D eigenvalue weighted by molar-refractivity contribution is 5.84. The Labute approximate surface area is 145 Å². The third-order valence-electron chi connectivity index (χ3n) is 3.15. The van der Waals surface area contributed by atoms with Crippen molar-refractivity contribution in [3.05, 3.63) is 30.1 Å². The maximum absolute atomic E-state index is 12.9. The lowest BCUT2D eigenvalue weighted by molar-refractivity contribution is -0.136. The summed E-state index contributed by atoms with van der Waals surface area (Å²) >= 11 is 0. The van der Waals surface area contributed by atoms with Gasteiger partial charge in [-0.2, -0.15) is 4.80 Å². The van der Waals surface area contributed by atoms with Crippen LogP contribution in [0.15, 0.2) is 24.3 Å². The first-order valence-corrected chi connectivity index (χ1v) is 7.73. The van der Waals surface area contributed by atoms with Crippen LogP contribution in [-0.4, -0.2) is 56.1 Å². The SMILES string of the molecule is CN(CC(=O)NC(C)(C)C)C(=O)Cn1nnc(-c2ccc(F)cc2)n1. The number of nitrogens with zero attached hydrogens (tertiary/aromatic N) is 5. The zero-order chi connectivity index (χ0) is 18.6. The number of carbonyl (C=O) groups excluding carboxylic acids is 2. The van der Waals surface area contributed by atoms with E-state index in [0.29, 0.717) is 11.4 Å². The predicted molar refractivity (Wildman–Crippen MR) is 88.7 cm³/mol. The molecule has 0 spiro atoms. The molecule has 2 rings (SSSR count). The second kappa shape index (κ2) is 7.37. The summed E-state index contributed by atoms with van der Waals surface area (Å²) in [7, 11) is 1.53. The lowest BCUT2D eigenvalue weighted by Crippen LogP contribution is -2.46. The van der Waals surface area contributed by atoms with Crippen molar-refractivity contribution in [3.8, 4) is 11.4 Å². The van der Waals surface area contributed by atoms with Gasteiger partial charge in [0.25, 0.3) is 0 Å². The molecule has 2 amide bonds. The number of halogens is 1. The highest BCUT2D eigenvalue weighted by atomic mass is 19.1. The highest BCUT2D eigenvalue weighted by Gasteiger charge is 2.19. The summed E-state index contributed by atoms with van der Waals surface area (Å²) in [5, 5.41) is 14.5. The van der Waals surface area contributed by atoms with E-state index in [1.807, 2.05) is 20.8 Å². The topological polar surface area (TPSA) is 93.0 Å². The van der Waals surface area contributed by atoms with Crippen molar-refractivity contribution in [2.45, 2.75) is 32.9 Å². The number of nitrogens with one attached hydrogen (secondary N) is 1. The van der Waals surface area contributed by atoms with Gasteiger partial charge in [-0.15, -0.1) is 10.2 Å². The number of hydrogen-bond donors (Lipinski definition) is 1. The minimum atomic E-state index is -0.363.